The minimum absolute atomic E-state index is 0.0339. The highest BCUT2D eigenvalue weighted by Crippen LogP contribution is 2.42. The molecule has 0 saturated heterocycles. The Morgan fingerprint density at radius 3 is 2.39 bits per heavy atom. The number of amides is 1. The summed E-state index contributed by atoms with van der Waals surface area (Å²) in [6.45, 7) is 1.75. The molecule has 0 saturated carbocycles. The van der Waals surface area contributed by atoms with Gasteiger partial charge in [-0.3, -0.25) is 14.9 Å². The van der Waals surface area contributed by atoms with Gasteiger partial charge in [0.05, 0.1) is 32.6 Å². The molecule has 2 aromatic rings. The number of ketones is 1. The van der Waals surface area contributed by atoms with Gasteiger partial charge in [0.15, 0.2) is 17.3 Å². The number of nitrogens with zero attached hydrogens (tertiary/aromatic N) is 2. The van der Waals surface area contributed by atoms with Crippen LogP contribution in [0.5, 0.6) is 17.2 Å². The molecule has 0 fully saturated rings. The molecule has 1 aromatic heterocycles. The second-order valence-electron chi connectivity index (χ2n) is 6.44. The van der Waals surface area contributed by atoms with Gasteiger partial charge < -0.3 is 14.2 Å². The van der Waals surface area contributed by atoms with Gasteiger partial charge in [-0.05, 0) is 30.0 Å². The van der Waals surface area contributed by atoms with Crippen molar-refractivity contribution in [2.45, 2.75) is 32.1 Å². The summed E-state index contributed by atoms with van der Waals surface area (Å²) in [5, 5.41) is 2.63. The predicted molar refractivity (Wildman–Crippen MR) is 102 cm³/mol. The van der Waals surface area contributed by atoms with E-state index in [0.717, 1.165) is 5.56 Å². The summed E-state index contributed by atoms with van der Waals surface area (Å²) < 4.78 is 16.2. The van der Waals surface area contributed by atoms with Crippen molar-refractivity contribution in [2.24, 2.45) is 0 Å². The fraction of sp³-hybridized carbons (Fsp3) is 0.400. The average molecular weight is 385 g/mol. The number of Topliss-reactive ketones (excluding diaryl/α,β-unsaturated/α-hetero) is 1. The monoisotopic (exact) mass is 385 g/mol. The SMILES string of the molecule is CCC(=O)Nc1ncc2c(n1)C[C@@H](c1cc(OC)c(OC)c(OC)c1)CC2=O. The zero-order valence-corrected chi connectivity index (χ0v) is 16.4. The maximum Gasteiger partial charge on any atom is 0.229 e. The molecule has 0 spiro atoms. The third-order valence-electron chi connectivity index (χ3n) is 4.77. The van der Waals surface area contributed by atoms with E-state index >= 15 is 0 Å². The Morgan fingerprint density at radius 1 is 1.14 bits per heavy atom. The quantitative estimate of drug-likeness (QED) is 0.816. The molecule has 0 unspecified atom stereocenters. The number of carbonyl (C=O) groups is 2. The molecule has 1 amide bonds. The molecule has 0 aliphatic heterocycles. The van der Waals surface area contributed by atoms with E-state index < -0.39 is 0 Å². The molecule has 0 radical (unpaired) electrons. The van der Waals surface area contributed by atoms with Crippen LogP contribution >= 0.6 is 0 Å². The Labute approximate surface area is 163 Å². The predicted octanol–water partition coefficient (Wildman–Crippen LogP) is 2.76. The normalized spacial score (nSPS) is 15.6. The first-order chi connectivity index (χ1) is 13.5. The standard InChI is InChI=1S/C20H23N3O5/c1-5-18(25)23-20-21-10-13-14(22-20)6-11(7-15(13)24)12-8-16(26-2)19(28-4)17(9-12)27-3/h8-11H,5-7H2,1-4H3,(H,21,22,23,25)/t11-/m1/s1. The second-order valence-corrected chi connectivity index (χ2v) is 6.44. The maximum absolute atomic E-state index is 12.6. The Balaban J connectivity index is 1.95. The molecular formula is C20H23N3O5. The fourth-order valence-corrected chi connectivity index (χ4v) is 3.29. The largest absolute Gasteiger partial charge is 0.493 e. The lowest BCUT2D eigenvalue weighted by Gasteiger charge is -2.24. The van der Waals surface area contributed by atoms with Gasteiger partial charge in [0.2, 0.25) is 17.6 Å². The highest BCUT2D eigenvalue weighted by molar-refractivity contribution is 5.99. The minimum atomic E-state index is -0.178. The van der Waals surface area contributed by atoms with Gasteiger partial charge in [-0.15, -0.1) is 0 Å². The molecule has 0 bridgehead atoms. The summed E-state index contributed by atoms with van der Waals surface area (Å²) >= 11 is 0. The van der Waals surface area contributed by atoms with Crippen LogP contribution in [-0.4, -0.2) is 43.0 Å². The van der Waals surface area contributed by atoms with Crippen LogP contribution in [0, 0.1) is 0 Å². The smallest absolute Gasteiger partial charge is 0.229 e. The first kappa shape index (κ1) is 19.6. The van der Waals surface area contributed by atoms with Crippen molar-refractivity contribution in [1.29, 1.82) is 0 Å². The summed E-state index contributed by atoms with van der Waals surface area (Å²) in [6.07, 6.45) is 2.68. The van der Waals surface area contributed by atoms with E-state index in [2.05, 4.69) is 15.3 Å². The van der Waals surface area contributed by atoms with Crippen molar-refractivity contribution in [2.75, 3.05) is 26.6 Å². The second kappa shape index (κ2) is 8.24. The summed E-state index contributed by atoms with van der Waals surface area (Å²) in [5.74, 6) is 1.48. The zero-order chi connectivity index (χ0) is 20.3. The van der Waals surface area contributed by atoms with Crippen LogP contribution < -0.4 is 19.5 Å². The van der Waals surface area contributed by atoms with E-state index in [1.807, 2.05) is 12.1 Å². The molecule has 1 aliphatic rings. The Kier molecular flexibility index (Phi) is 5.77. The molecule has 148 valence electrons. The number of fused-ring (bicyclic) bond motifs is 1. The van der Waals surface area contributed by atoms with Gasteiger partial charge in [-0.2, -0.15) is 0 Å². The molecule has 8 nitrogen and oxygen atoms in total. The number of nitrogens with one attached hydrogen (secondary N) is 1. The summed E-state index contributed by atoms with van der Waals surface area (Å²) in [5.41, 5.74) is 2.01. The fourth-order valence-electron chi connectivity index (χ4n) is 3.29. The maximum atomic E-state index is 12.6. The van der Waals surface area contributed by atoms with Crippen LogP contribution in [0.2, 0.25) is 0 Å². The Bertz CT molecular complexity index is 888. The van der Waals surface area contributed by atoms with Crippen LogP contribution in [0.4, 0.5) is 5.95 Å². The van der Waals surface area contributed by atoms with Gasteiger partial charge in [0, 0.05) is 19.0 Å². The molecule has 1 aromatic carbocycles. The number of carbonyl (C=O) groups excluding carboxylic acids is 2. The van der Waals surface area contributed by atoms with E-state index in [9.17, 15) is 9.59 Å². The third-order valence-corrected chi connectivity index (χ3v) is 4.77. The first-order valence-corrected chi connectivity index (χ1v) is 8.99. The van der Waals surface area contributed by atoms with Gasteiger partial charge in [-0.1, -0.05) is 6.92 Å². The summed E-state index contributed by atoms with van der Waals surface area (Å²) in [6, 6.07) is 3.70. The van der Waals surface area contributed by atoms with Crippen molar-refractivity contribution >= 4 is 17.6 Å². The van der Waals surface area contributed by atoms with E-state index in [4.69, 9.17) is 14.2 Å². The van der Waals surface area contributed by atoms with Crippen molar-refractivity contribution in [3.8, 4) is 17.2 Å². The van der Waals surface area contributed by atoms with Crippen molar-refractivity contribution in [1.82, 2.24) is 9.97 Å². The lowest BCUT2D eigenvalue weighted by Crippen LogP contribution is -2.22. The molecule has 1 heterocycles. The number of methoxy groups -OCH3 is 3. The Morgan fingerprint density at radius 2 is 1.82 bits per heavy atom. The first-order valence-electron chi connectivity index (χ1n) is 8.99. The Hall–Kier alpha value is -3.16. The van der Waals surface area contributed by atoms with Gasteiger partial charge in [0.1, 0.15) is 0 Å². The van der Waals surface area contributed by atoms with Crippen molar-refractivity contribution < 1.29 is 23.8 Å². The number of anilines is 1. The van der Waals surface area contributed by atoms with Crippen LogP contribution in [0.25, 0.3) is 0 Å². The molecule has 3 rings (SSSR count). The molecule has 28 heavy (non-hydrogen) atoms. The van der Waals surface area contributed by atoms with E-state index in [1.165, 1.54) is 6.20 Å². The number of benzene rings is 1. The van der Waals surface area contributed by atoms with Gasteiger partial charge in [-0.25, -0.2) is 9.97 Å². The minimum Gasteiger partial charge on any atom is -0.493 e. The highest BCUT2D eigenvalue weighted by Gasteiger charge is 2.29. The van der Waals surface area contributed by atoms with Gasteiger partial charge in [0.25, 0.3) is 0 Å². The lowest BCUT2D eigenvalue weighted by atomic mass is 9.82. The average Bonchev–Trinajstić information content (AvgIpc) is 2.72. The number of hydrogen-bond donors (Lipinski definition) is 1. The van der Waals surface area contributed by atoms with Crippen LogP contribution in [-0.2, 0) is 11.2 Å². The number of aromatic nitrogens is 2. The number of ether oxygens (including phenoxy) is 3. The van der Waals surface area contributed by atoms with E-state index in [0.29, 0.717) is 47.8 Å². The van der Waals surface area contributed by atoms with Gasteiger partial charge >= 0.3 is 0 Å². The summed E-state index contributed by atoms with van der Waals surface area (Å²) in [4.78, 5) is 32.7. The van der Waals surface area contributed by atoms with Crippen LogP contribution in [0.15, 0.2) is 18.3 Å². The van der Waals surface area contributed by atoms with Crippen LogP contribution in [0.3, 0.4) is 0 Å². The van der Waals surface area contributed by atoms with Crippen molar-refractivity contribution in [3.05, 3.63) is 35.2 Å². The molecule has 1 N–H and O–H groups in total. The van der Waals surface area contributed by atoms with E-state index in [1.54, 1.807) is 28.3 Å². The highest BCUT2D eigenvalue weighted by atomic mass is 16.5. The summed E-state index contributed by atoms with van der Waals surface area (Å²) in [7, 11) is 4.65. The van der Waals surface area contributed by atoms with Crippen LogP contribution in [0.1, 0.15) is 47.3 Å². The van der Waals surface area contributed by atoms with E-state index in [-0.39, 0.29) is 23.6 Å². The molecule has 1 atom stereocenters. The molecule has 8 heteroatoms. The topological polar surface area (TPSA) is 99.6 Å². The molecular weight excluding hydrogens is 362 g/mol. The lowest BCUT2D eigenvalue weighted by molar-refractivity contribution is -0.115. The number of rotatable bonds is 6. The molecule has 1 aliphatic carbocycles. The third kappa shape index (κ3) is 3.76. The zero-order valence-electron chi connectivity index (χ0n) is 16.4. The van der Waals surface area contributed by atoms with Crippen molar-refractivity contribution in [3.63, 3.8) is 0 Å². The number of hydrogen-bond acceptors (Lipinski definition) is 7.